The molecule has 1 heterocycles. The SMILES string of the molecule is C=C1C(=O)CCN(CC2CC2)C1=O. The highest BCUT2D eigenvalue weighted by Gasteiger charge is 2.32. The second kappa shape index (κ2) is 2.98. The lowest BCUT2D eigenvalue weighted by Gasteiger charge is -2.26. The molecule has 0 aromatic carbocycles. The lowest BCUT2D eigenvalue weighted by atomic mass is 10.0. The lowest BCUT2D eigenvalue weighted by Crippen LogP contribution is -2.41. The zero-order valence-electron chi connectivity index (χ0n) is 7.58. The van der Waals surface area contributed by atoms with Crippen molar-refractivity contribution in [2.45, 2.75) is 19.3 Å². The molecule has 1 saturated heterocycles. The van der Waals surface area contributed by atoms with Gasteiger partial charge in [0.15, 0.2) is 5.78 Å². The summed E-state index contributed by atoms with van der Waals surface area (Å²) in [4.78, 5) is 24.4. The first-order chi connectivity index (χ1) is 6.18. The Morgan fingerprint density at radius 1 is 1.38 bits per heavy atom. The van der Waals surface area contributed by atoms with Crippen LogP contribution in [-0.2, 0) is 9.59 Å². The van der Waals surface area contributed by atoms with Crippen LogP contribution in [0.5, 0.6) is 0 Å². The second-order valence-corrected chi connectivity index (χ2v) is 3.85. The average Bonchev–Trinajstić information content (AvgIpc) is 2.90. The van der Waals surface area contributed by atoms with Crippen LogP contribution in [-0.4, -0.2) is 29.7 Å². The molecule has 1 saturated carbocycles. The maximum atomic E-state index is 11.5. The van der Waals surface area contributed by atoms with Gasteiger partial charge in [-0.2, -0.15) is 0 Å². The van der Waals surface area contributed by atoms with Crippen molar-refractivity contribution in [1.29, 1.82) is 0 Å². The maximum absolute atomic E-state index is 11.5. The van der Waals surface area contributed by atoms with E-state index in [0.29, 0.717) is 18.9 Å². The predicted octanol–water partition coefficient (Wildman–Crippen LogP) is 0.754. The summed E-state index contributed by atoms with van der Waals surface area (Å²) in [7, 11) is 0. The van der Waals surface area contributed by atoms with Gasteiger partial charge in [0, 0.05) is 19.5 Å². The minimum atomic E-state index is -0.150. The highest BCUT2D eigenvalue weighted by Crippen LogP contribution is 2.30. The third kappa shape index (κ3) is 1.64. The van der Waals surface area contributed by atoms with E-state index in [1.807, 2.05) is 0 Å². The van der Waals surface area contributed by atoms with Crippen molar-refractivity contribution in [2.24, 2.45) is 5.92 Å². The average molecular weight is 179 g/mol. The minimum Gasteiger partial charge on any atom is -0.338 e. The smallest absolute Gasteiger partial charge is 0.256 e. The van der Waals surface area contributed by atoms with Gasteiger partial charge in [0.05, 0.1) is 5.57 Å². The minimum absolute atomic E-state index is 0.0861. The summed E-state index contributed by atoms with van der Waals surface area (Å²) in [5.74, 6) is 0.449. The summed E-state index contributed by atoms with van der Waals surface area (Å²) in [6, 6.07) is 0. The standard InChI is InChI=1S/C10H13NO2/c1-7-9(12)4-5-11(10(7)13)6-8-2-3-8/h8H,1-6H2. The van der Waals surface area contributed by atoms with Gasteiger partial charge >= 0.3 is 0 Å². The number of Topliss-reactive ketones (excluding diaryl/α,β-unsaturated/α-hetero) is 1. The molecule has 0 bridgehead atoms. The van der Waals surface area contributed by atoms with Gasteiger partial charge in [-0.15, -0.1) is 0 Å². The maximum Gasteiger partial charge on any atom is 0.256 e. The number of rotatable bonds is 2. The van der Waals surface area contributed by atoms with Gasteiger partial charge in [-0.25, -0.2) is 0 Å². The Kier molecular flexibility index (Phi) is 1.94. The van der Waals surface area contributed by atoms with Crippen LogP contribution >= 0.6 is 0 Å². The number of piperidine rings is 1. The number of likely N-dealkylation sites (tertiary alicyclic amines) is 1. The number of hydrogen-bond donors (Lipinski definition) is 0. The monoisotopic (exact) mass is 179 g/mol. The van der Waals surface area contributed by atoms with Crippen LogP contribution < -0.4 is 0 Å². The van der Waals surface area contributed by atoms with Crippen molar-refractivity contribution in [1.82, 2.24) is 4.90 Å². The highest BCUT2D eigenvalue weighted by molar-refractivity contribution is 6.20. The van der Waals surface area contributed by atoms with Crippen molar-refractivity contribution in [3.8, 4) is 0 Å². The molecule has 0 N–H and O–H groups in total. The van der Waals surface area contributed by atoms with Gasteiger partial charge in [0.2, 0.25) is 0 Å². The van der Waals surface area contributed by atoms with E-state index in [0.717, 1.165) is 6.54 Å². The zero-order chi connectivity index (χ0) is 9.42. The molecule has 1 amide bonds. The second-order valence-electron chi connectivity index (χ2n) is 3.85. The van der Waals surface area contributed by atoms with E-state index in [-0.39, 0.29) is 17.3 Å². The van der Waals surface area contributed by atoms with E-state index in [9.17, 15) is 9.59 Å². The Morgan fingerprint density at radius 2 is 2.08 bits per heavy atom. The number of nitrogens with zero attached hydrogens (tertiary/aromatic N) is 1. The van der Waals surface area contributed by atoms with E-state index in [4.69, 9.17) is 0 Å². The molecule has 2 rings (SSSR count). The van der Waals surface area contributed by atoms with E-state index >= 15 is 0 Å². The third-order valence-electron chi connectivity index (χ3n) is 2.67. The quantitative estimate of drug-likeness (QED) is 0.463. The van der Waals surface area contributed by atoms with Crippen LogP contribution in [0.4, 0.5) is 0 Å². The van der Waals surface area contributed by atoms with Crippen molar-refractivity contribution in [3.63, 3.8) is 0 Å². The first kappa shape index (κ1) is 8.48. The van der Waals surface area contributed by atoms with Crippen molar-refractivity contribution in [3.05, 3.63) is 12.2 Å². The molecule has 0 unspecified atom stereocenters. The normalized spacial score (nSPS) is 24.0. The molecule has 0 radical (unpaired) electrons. The van der Waals surface area contributed by atoms with Crippen molar-refractivity contribution in [2.75, 3.05) is 13.1 Å². The fourth-order valence-electron chi connectivity index (χ4n) is 1.59. The van der Waals surface area contributed by atoms with Gasteiger partial charge < -0.3 is 4.90 Å². The third-order valence-corrected chi connectivity index (χ3v) is 2.67. The van der Waals surface area contributed by atoms with Gasteiger partial charge in [-0.05, 0) is 18.8 Å². The molecule has 2 fully saturated rings. The molecule has 1 aliphatic carbocycles. The van der Waals surface area contributed by atoms with Crippen molar-refractivity contribution >= 4 is 11.7 Å². The van der Waals surface area contributed by atoms with Gasteiger partial charge in [-0.1, -0.05) is 6.58 Å². The summed E-state index contributed by atoms with van der Waals surface area (Å²) < 4.78 is 0. The van der Waals surface area contributed by atoms with Gasteiger partial charge in [0.1, 0.15) is 0 Å². The number of carbonyl (C=O) groups is 2. The summed E-state index contributed by atoms with van der Waals surface area (Å²) in [6.07, 6.45) is 2.91. The van der Waals surface area contributed by atoms with Crippen LogP contribution in [0.1, 0.15) is 19.3 Å². The van der Waals surface area contributed by atoms with Gasteiger partial charge in [-0.3, -0.25) is 9.59 Å². The van der Waals surface area contributed by atoms with Crippen LogP contribution in [0.2, 0.25) is 0 Å². The predicted molar refractivity (Wildman–Crippen MR) is 48.1 cm³/mol. The number of ketones is 1. The van der Waals surface area contributed by atoms with Crippen LogP contribution in [0.15, 0.2) is 12.2 Å². The first-order valence-corrected chi connectivity index (χ1v) is 4.70. The van der Waals surface area contributed by atoms with E-state index in [1.165, 1.54) is 12.8 Å². The zero-order valence-corrected chi connectivity index (χ0v) is 7.58. The first-order valence-electron chi connectivity index (χ1n) is 4.70. The van der Waals surface area contributed by atoms with Crippen LogP contribution in [0.3, 0.4) is 0 Å². The number of carbonyl (C=O) groups excluding carboxylic acids is 2. The molecule has 1 aliphatic heterocycles. The molecular weight excluding hydrogens is 166 g/mol. The van der Waals surface area contributed by atoms with E-state index in [2.05, 4.69) is 6.58 Å². The molecule has 0 spiro atoms. The molecule has 2 aliphatic rings. The molecule has 3 heteroatoms. The largest absolute Gasteiger partial charge is 0.338 e. The summed E-state index contributed by atoms with van der Waals surface area (Å²) in [5.41, 5.74) is 0.173. The molecule has 0 aromatic heterocycles. The van der Waals surface area contributed by atoms with Gasteiger partial charge in [0.25, 0.3) is 5.91 Å². The fourth-order valence-corrected chi connectivity index (χ4v) is 1.59. The van der Waals surface area contributed by atoms with Crippen LogP contribution in [0.25, 0.3) is 0 Å². The Bertz CT molecular complexity index is 279. The topological polar surface area (TPSA) is 37.4 Å². The molecule has 13 heavy (non-hydrogen) atoms. The Hall–Kier alpha value is -1.12. The van der Waals surface area contributed by atoms with E-state index < -0.39 is 0 Å². The summed E-state index contributed by atoms with van der Waals surface area (Å²) in [6.45, 7) is 4.93. The molecule has 0 atom stereocenters. The lowest BCUT2D eigenvalue weighted by molar-refractivity contribution is -0.133. The van der Waals surface area contributed by atoms with E-state index in [1.54, 1.807) is 4.90 Å². The molecular formula is C10H13NO2. The molecule has 0 aromatic rings. The van der Waals surface area contributed by atoms with Crippen molar-refractivity contribution < 1.29 is 9.59 Å². The number of amides is 1. The summed E-state index contributed by atoms with van der Waals surface area (Å²) >= 11 is 0. The fraction of sp³-hybridized carbons (Fsp3) is 0.600. The van der Waals surface area contributed by atoms with Crippen LogP contribution in [0, 0.1) is 5.92 Å². The summed E-state index contributed by atoms with van der Waals surface area (Å²) in [5, 5.41) is 0. The highest BCUT2D eigenvalue weighted by atomic mass is 16.2. The Labute approximate surface area is 77.4 Å². The Balaban J connectivity index is 2.00. The molecule has 70 valence electrons. The number of hydrogen-bond acceptors (Lipinski definition) is 2. The molecule has 3 nitrogen and oxygen atoms in total. The Morgan fingerprint density at radius 3 is 2.69 bits per heavy atom.